The molecule has 1 fully saturated rings. The van der Waals surface area contributed by atoms with Gasteiger partial charge in [-0.3, -0.25) is 0 Å². The van der Waals surface area contributed by atoms with Crippen molar-refractivity contribution < 1.29 is 0 Å². The smallest absolute Gasteiger partial charge is 0.180 e. The van der Waals surface area contributed by atoms with Gasteiger partial charge in [-0.25, -0.2) is 15.0 Å². The van der Waals surface area contributed by atoms with Crippen LogP contribution in [-0.4, -0.2) is 19.5 Å². The fraction of sp³-hybridized carbons (Fsp3) is 0.500. The van der Waals surface area contributed by atoms with Gasteiger partial charge in [-0.05, 0) is 38.5 Å². The third-order valence-corrected chi connectivity index (χ3v) is 4.05. The zero-order valence-corrected chi connectivity index (χ0v) is 10.8. The molecule has 0 bridgehead atoms. The maximum Gasteiger partial charge on any atom is 0.180 e. The number of nitrogen functional groups attached to an aromatic ring is 1. The van der Waals surface area contributed by atoms with Crippen LogP contribution < -0.4 is 5.73 Å². The van der Waals surface area contributed by atoms with Gasteiger partial charge in [0.25, 0.3) is 0 Å². The molecule has 0 aliphatic heterocycles. The molecule has 0 radical (unpaired) electrons. The first-order valence-electron chi connectivity index (χ1n) is 7.00. The Balaban J connectivity index is 1.82. The quantitative estimate of drug-likeness (QED) is 0.892. The lowest BCUT2D eigenvalue weighted by atomic mass is 9.96. The Morgan fingerprint density at radius 1 is 1.16 bits per heavy atom. The minimum atomic E-state index is 0.582. The molecule has 2 N–H and O–H groups in total. The summed E-state index contributed by atoms with van der Waals surface area (Å²) in [5.41, 5.74) is 9.41. The highest BCUT2D eigenvalue weighted by Crippen LogP contribution is 2.38. The number of hydrogen-bond donors (Lipinski definition) is 1. The summed E-state index contributed by atoms with van der Waals surface area (Å²) in [5.74, 6) is 1.39. The van der Waals surface area contributed by atoms with Crippen LogP contribution >= 0.6 is 0 Å². The Morgan fingerprint density at radius 2 is 2.00 bits per heavy atom. The first kappa shape index (κ1) is 11.0. The van der Waals surface area contributed by atoms with Crippen molar-refractivity contribution in [2.24, 2.45) is 0 Å². The van der Waals surface area contributed by atoms with Gasteiger partial charge in [0, 0.05) is 17.3 Å². The van der Waals surface area contributed by atoms with Gasteiger partial charge in [-0.2, -0.15) is 0 Å². The van der Waals surface area contributed by atoms with Crippen molar-refractivity contribution in [2.75, 3.05) is 5.73 Å². The van der Waals surface area contributed by atoms with Gasteiger partial charge in [0.1, 0.15) is 11.5 Å². The summed E-state index contributed by atoms with van der Waals surface area (Å²) in [5, 5.41) is 0. The predicted molar refractivity (Wildman–Crippen MR) is 72.6 cm³/mol. The topological polar surface area (TPSA) is 69.6 Å². The molecule has 2 aliphatic carbocycles. The first-order chi connectivity index (χ1) is 9.33. The zero-order chi connectivity index (χ0) is 12.8. The summed E-state index contributed by atoms with van der Waals surface area (Å²) in [6.07, 6.45) is 10.6. The third-order valence-electron chi connectivity index (χ3n) is 4.05. The number of aryl methyl sites for hydroxylation is 1. The molecule has 0 saturated heterocycles. The molecule has 0 spiro atoms. The molecule has 2 aliphatic rings. The molecule has 0 amide bonds. The number of hydrogen-bond acceptors (Lipinski definition) is 4. The van der Waals surface area contributed by atoms with Crippen molar-refractivity contribution >= 4 is 5.82 Å². The van der Waals surface area contributed by atoms with Gasteiger partial charge >= 0.3 is 0 Å². The molecule has 2 heterocycles. The van der Waals surface area contributed by atoms with E-state index in [1.165, 1.54) is 25.7 Å². The highest BCUT2D eigenvalue weighted by Gasteiger charge is 2.27. The van der Waals surface area contributed by atoms with E-state index < -0.39 is 0 Å². The molecule has 5 heteroatoms. The van der Waals surface area contributed by atoms with Gasteiger partial charge in [-0.15, -0.1) is 0 Å². The summed E-state index contributed by atoms with van der Waals surface area (Å²) in [6.45, 7) is 0. The van der Waals surface area contributed by atoms with Crippen molar-refractivity contribution in [3.63, 3.8) is 0 Å². The summed E-state index contributed by atoms with van der Waals surface area (Å²) < 4.78 is 2.18. The first-order valence-corrected chi connectivity index (χ1v) is 7.00. The summed E-state index contributed by atoms with van der Waals surface area (Å²) >= 11 is 0. The predicted octanol–water partition coefficient (Wildman–Crippen LogP) is 2.14. The van der Waals surface area contributed by atoms with Crippen LogP contribution in [0.25, 0.3) is 11.5 Å². The molecule has 0 unspecified atom stereocenters. The normalized spacial score (nSPS) is 18.3. The molecule has 0 aromatic carbocycles. The largest absolute Gasteiger partial charge is 0.383 e. The molecule has 2 aromatic heterocycles. The molecular weight excluding hydrogens is 238 g/mol. The van der Waals surface area contributed by atoms with E-state index in [2.05, 4.69) is 14.5 Å². The number of nitrogens with zero attached hydrogens (tertiary/aromatic N) is 4. The zero-order valence-electron chi connectivity index (χ0n) is 10.8. The maximum atomic E-state index is 6.11. The van der Waals surface area contributed by atoms with Crippen LogP contribution in [0.15, 0.2) is 12.5 Å². The summed E-state index contributed by atoms with van der Waals surface area (Å²) in [4.78, 5) is 13.5. The summed E-state index contributed by atoms with van der Waals surface area (Å²) in [6, 6.07) is 0.582. The third kappa shape index (κ3) is 1.80. The molecule has 4 rings (SSSR count). The molecule has 0 atom stereocenters. The SMILES string of the molecule is Nc1nc(-c2cncn2C2CC2)nc2c1CCCC2. The fourth-order valence-corrected chi connectivity index (χ4v) is 2.86. The van der Waals surface area contributed by atoms with E-state index in [1.807, 2.05) is 12.5 Å². The molecule has 98 valence electrons. The lowest BCUT2D eigenvalue weighted by molar-refractivity contribution is 0.664. The molecule has 19 heavy (non-hydrogen) atoms. The van der Waals surface area contributed by atoms with E-state index in [0.717, 1.165) is 35.6 Å². The fourth-order valence-electron chi connectivity index (χ4n) is 2.86. The van der Waals surface area contributed by atoms with E-state index in [1.54, 1.807) is 0 Å². The number of anilines is 1. The Hall–Kier alpha value is -1.91. The molecule has 5 nitrogen and oxygen atoms in total. The van der Waals surface area contributed by atoms with Crippen molar-refractivity contribution in [1.82, 2.24) is 19.5 Å². The van der Waals surface area contributed by atoms with Crippen LogP contribution in [-0.2, 0) is 12.8 Å². The van der Waals surface area contributed by atoms with Crippen LogP contribution in [0.5, 0.6) is 0 Å². The van der Waals surface area contributed by atoms with E-state index in [0.29, 0.717) is 11.9 Å². The van der Waals surface area contributed by atoms with Crippen molar-refractivity contribution in [3.05, 3.63) is 23.8 Å². The van der Waals surface area contributed by atoms with E-state index >= 15 is 0 Å². The minimum absolute atomic E-state index is 0.582. The van der Waals surface area contributed by atoms with Gasteiger partial charge < -0.3 is 10.3 Å². The van der Waals surface area contributed by atoms with Crippen molar-refractivity contribution in [2.45, 2.75) is 44.6 Å². The van der Waals surface area contributed by atoms with Crippen LogP contribution in [0.2, 0.25) is 0 Å². The minimum Gasteiger partial charge on any atom is -0.383 e. The number of rotatable bonds is 2. The number of nitrogens with two attached hydrogens (primary N) is 1. The summed E-state index contributed by atoms with van der Waals surface area (Å²) in [7, 11) is 0. The van der Waals surface area contributed by atoms with Gasteiger partial charge in [0.15, 0.2) is 5.82 Å². The second-order valence-corrected chi connectivity index (χ2v) is 5.48. The molecule has 1 saturated carbocycles. The number of aromatic nitrogens is 4. The van der Waals surface area contributed by atoms with Gasteiger partial charge in [-0.1, -0.05) is 0 Å². The highest BCUT2D eigenvalue weighted by molar-refractivity contribution is 5.55. The molecule has 2 aromatic rings. The van der Waals surface area contributed by atoms with Gasteiger partial charge in [0.05, 0.1) is 12.5 Å². The standard InChI is InChI=1S/C14H17N5/c15-13-10-3-1-2-4-11(10)17-14(18-13)12-7-16-8-19(12)9-5-6-9/h7-9H,1-6H2,(H2,15,17,18). The van der Waals surface area contributed by atoms with E-state index in [9.17, 15) is 0 Å². The Kier molecular flexibility index (Phi) is 2.33. The van der Waals surface area contributed by atoms with E-state index in [4.69, 9.17) is 10.7 Å². The average Bonchev–Trinajstić information content (AvgIpc) is 3.16. The average molecular weight is 255 g/mol. The Morgan fingerprint density at radius 3 is 2.84 bits per heavy atom. The lowest BCUT2D eigenvalue weighted by Crippen LogP contribution is -2.12. The van der Waals surface area contributed by atoms with E-state index in [-0.39, 0.29) is 0 Å². The second-order valence-electron chi connectivity index (χ2n) is 5.48. The van der Waals surface area contributed by atoms with Crippen LogP contribution in [0.3, 0.4) is 0 Å². The Bertz CT molecular complexity index is 627. The van der Waals surface area contributed by atoms with Crippen molar-refractivity contribution in [3.8, 4) is 11.5 Å². The molecular formula is C14H17N5. The van der Waals surface area contributed by atoms with Crippen LogP contribution in [0.1, 0.15) is 43.0 Å². The Labute approximate surface area is 111 Å². The van der Waals surface area contributed by atoms with Crippen LogP contribution in [0.4, 0.5) is 5.82 Å². The second kappa shape index (κ2) is 4.05. The maximum absolute atomic E-state index is 6.11. The number of imidazole rings is 1. The van der Waals surface area contributed by atoms with Crippen molar-refractivity contribution in [1.29, 1.82) is 0 Å². The lowest BCUT2D eigenvalue weighted by Gasteiger charge is -2.17. The number of fused-ring (bicyclic) bond motifs is 1. The monoisotopic (exact) mass is 255 g/mol. The van der Waals surface area contributed by atoms with Crippen LogP contribution in [0, 0.1) is 0 Å². The van der Waals surface area contributed by atoms with Gasteiger partial charge in [0.2, 0.25) is 0 Å². The highest BCUT2D eigenvalue weighted by atomic mass is 15.1.